The van der Waals surface area contributed by atoms with Crippen molar-refractivity contribution in [3.63, 3.8) is 0 Å². The van der Waals surface area contributed by atoms with Crippen LogP contribution in [-0.2, 0) is 21.4 Å². The Hall–Kier alpha value is -3.65. The van der Waals surface area contributed by atoms with Gasteiger partial charge in [-0.15, -0.1) is 0 Å². The molecular formula is C34H34O2. The highest BCUT2D eigenvalue weighted by Gasteiger charge is 2.17. The molecule has 0 bridgehead atoms. The Morgan fingerprint density at radius 1 is 0.778 bits per heavy atom. The van der Waals surface area contributed by atoms with Gasteiger partial charge in [0.1, 0.15) is 0 Å². The predicted octanol–water partition coefficient (Wildman–Crippen LogP) is 8.99. The summed E-state index contributed by atoms with van der Waals surface area (Å²) >= 11 is 0. The number of esters is 1. The van der Waals surface area contributed by atoms with Crippen molar-refractivity contribution in [2.75, 3.05) is 6.61 Å². The van der Waals surface area contributed by atoms with Crippen LogP contribution in [0.3, 0.4) is 0 Å². The zero-order valence-corrected chi connectivity index (χ0v) is 21.8. The van der Waals surface area contributed by atoms with Gasteiger partial charge in [-0.3, -0.25) is 0 Å². The van der Waals surface area contributed by atoms with E-state index in [4.69, 9.17) is 4.74 Å². The lowest BCUT2D eigenvalue weighted by atomic mass is 9.83. The molecule has 0 saturated carbocycles. The molecule has 5 rings (SSSR count). The molecule has 0 spiro atoms. The molecule has 0 N–H and O–H groups in total. The van der Waals surface area contributed by atoms with Gasteiger partial charge in [0.15, 0.2) is 0 Å². The molecule has 0 saturated heterocycles. The maximum Gasteiger partial charge on any atom is 0.333 e. The van der Waals surface area contributed by atoms with Gasteiger partial charge in [-0.1, -0.05) is 88.0 Å². The fraction of sp³-hybridized carbons (Fsp3) is 0.265. The average molecular weight is 475 g/mol. The molecule has 0 aliphatic heterocycles. The number of ether oxygens (including phenoxy) is 1. The minimum absolute atomic E-state index is 0.123. The molecular weight excluding hydrogens is 440 g/mol. The molecule has 5 aromatic carbocycles. The molecule has 0 aliphatic rings. The zero-order chi connectivity index (χ0) is 25.4. The Bertz CT molecular complexity index is 1520. The quantitative estimate of drug-likeness (QED) is 0.102. The molecule has 36 heavy (non-hydrogen) atoms. The van der Waals surface area contributed by atoms with E-state index in [1.807, 2.05) is 0 Å². The summed E-state index contributed by atoms with van der Waals surface area (Å²) in [7, 11) is 0. The smallest absolute Gasteiger partial charge is 0.333 e. The van der Waals surface area contributed by atoms with Gasteiger partial charge in [0, 0.05) is 5.57 Å². The Morgan fingerprint density at radius 2 is 1.36 bits per heavy atom. The van der Waals surface area contributed by atoms with E-state index in [0.717, 1.165) is 19.3 Å². The van der Waals surface area contributed by atoms with Crippen molar-refractivity contribution in [3.8, 4) is 11.1 Å². The predicted molar refractivity (Wildman–Crippen MR) is 153 cm³/mol. The third kappa shape index (κ3) is 4.73. The first-order valence-electron chi connectivity index (χ1n) is 12.9. The van der Waals surface area contributed by atoms with Crippen molar-refractivity contribution >= 4 is 38.3 Å². The van der Waals surface area contributed by atoms with Crippen molar-refractivity contribution in [1.82, 2.24) is 0 Å². The van der Waals surface area contributed by atoms with Crippen LogP contribution in [0.4, 0.5) is 0 Å². The highest BCUT2D eigenvalue weighted by molar-refractivity contribution is 6.24. The molecule has 2 heteroatoms. The number of hydrogen-bond acceptors (Lipinski definition) is 2. The summed E-state index contributed by atoms with van der Waals surface area (Å²) in [6, 6.07) is 27.3. The van der Waals surface area contributed by atoms with Crippen molar-refractivity contribution < 1.29 is 9.53 Å². The van der Waals surface area contributed by atoms with Crippen LogP contribution >= 0.6 is 0 Å². The second-order valence-corrected chi connectivity index (χ2v) is 11.0. The number of carbonyl (C=O) groups is 1. The maximum atomic E-state index is 11.5. The van der Waals surface area contributed by atoms with Crippen LogP contribution in [0.15, 0.2) is 84.9 Å². The van der Waals surface area contributed by atoms with E-state index in [-0.39, 0.29) is 11.4 Å². The second-order valence-electron chi connectivity index (χ2n) is 11.0. The van der Waals surface area contributed by atoms with Crippen LogP contribution in [0.1, 0.15) is 51.7 Å². The second kappa shape index (κ2) is 9.43. The van der Waals surface area contributed by atoms with E-state index in [9.17, 15) is 4.79 Å². The van der Waals surface area contributed by atoms with Crippen molar-refractivity contribution in [3.05, 3.63) is 96.1 Å². The van der Waals surface area contributed by atoms with Gasteiger partial charge in [-0.05, 0) is 98.3 Å². The van der Waals surface area contributed by atoms with Gasteiger partial charge in [0.2, 0.25) is 0 Å². The number of carbonyl (C=O) groups excluding carboxylic acids is 1. The van der Waals surface area contributed by atoms with Crippen LogP contribution in [0.25, 0.3) is 43.4 Å². The van der Waals surface area contributed by atoms with Crippen LogP contribution in [0.5, 0.6) is 0 Å². The molecule has 0 aromatic heterocycles. The first-order valence-corrected chi connectivity index (χ1v) is 12.9. The first-order chi connectivity index (χ1) is 17.2. The molecule has 0 amide bonds. The van der Waals surface area contributed by atoms with E-state index in [2.05, 4.69) is 100 Å². The highest BCUT2D eigenvalue weighted by Crippen LogP contribution is 2.39. The lowest BCUT2D eigenvalue weighted by Crippen LogP contribution is -2.10. The number of rotatable bonds is 7. The monoisotopic (exact) mass is 474 g/mol. The average Bonchev–Trinajstić information content (AvgIpc) is 2.86. The van der Waals surface area contributed by atoms with Crippen LogP contribution in [0.2, 0.25) is 0 Å². The zero-order valence-electron chi connectivity index (χ0n) is 21.8. The van der Waals surface area contributed by atoms with Gasteiger partial charge < -0.3 is 4.74 Å². The molecule has 182 valence electrons. The Balaban J connectivity index is 1.42. The minimum atomic E-state index is -0.305. The van der Waals surface area contributed by atoms with E-state index in [0.29, 0.717) is 12.2 Å². The molecule has 2 nitrogen and oxygen atoms in total. The van der Waals surface area contributed by atoms with Crippen molar-refractivity contribution in [2.24, 2.45) is 0 Å². The maximum absolute atomic E-state index is 11.5. The van der Waals surface area contributed by atoms with Crippen molar-refractivity contribution in [1.29, 1.82) is 0 Å². The largest absolute Gasteiger partial charge is 0.462 e. The standard InChI is InChI=1S/C34H34O2/c1-22(2)33(35)36-16-7-6-9-23-10-8-11-24(17-23)29-18-25-12-14-27-20-30(34(3,4)5)21-28-15-13-26(19-29)31(25)32(27)28/h8,10-15,17-21H,1,6-7,9,16H2,2-5H3. The molecule has 0 aliphatic carbocycles. The summed E-state index contributed by atoms with van der Waals surface area (Å²) in [5.74, 6) is -0.305. The summed E-state index contributed by atoms with van der Waals surface area (Å²) < 4.78 is 5.21. The minimum Gasteiger partial charge on any atom is -0.462 e. The summed E-state index contributed by atoms with van der Waals surface area (Å²) in [5, 5.41) is 7.93. The first kappa shape index (κ1) is 24.1. The molecule has 0 fully saturated rings. The topological polar surface area (TPSA) is 26.3 Å². The van der Waals surface area contributed by atoms with Gasteiger partial charge in [0.05, 0.1) is 6.61 Å². The summed E-state index contributed by atoms with van der Waals surface area (Å²) in [6.07, 6.45) is 2.79. The number of benzene rings is 5. The third-order valence-corrected chi connectivity index (χ3v) is 7.10. The lowest BCUT2D eigenvalue weighted by Gasteiger charge is -2.21. The molecule has 0 atom stereocenters. The normalized spacial score (nSPS) is 12.0. The number of unbranched alkanes of at least 4 members (excludes halogenated alkanes) is 1. The lowest BCUT2D eigenvalue weighted by molar-refractivity contribution is -0.139. The molecule has 0 heterocycles. The highest BCUT2D eigenvalue weighted by atomic mass is 16.5. The van der Waals surface area contributed by atoms with Gasteiger partial charge in [-0.25, -0.2) is 4.79 Å². The van der Waals surface area contributed by atoms with E-state index >= 15 is 0 Å². The summed E-state index contributed by atoms with van der Waals surface area (Å²) in [6.45, 7) is 12.6. The van der Waals surface area contributed by atoms with E-state index in [1.165, 1.54) is 54.6 Å². The van der Waals surface area contributed by atoms with Crippen LogP contribution in [-0.4, -0.2) is 12.6 Å². The van der Waals surface area contributed by atoms with Crippen LogP contribution in [0, 0.1) is 0 Å². The number of aryl methyl sites for hydroxylation is 1. The number of hydrogen-bond donors (Lipinski definition) is 0. The van der Waals surface area contributed by atoms with Gasteiger partial charge in [0.25, 0.3) is 0 Å². The van der Waals surface area contributed by atoms with Gasteiger partial charge in [-0.2, -0.15) is 0 Å². The van der Waals surface area contributed by atoms with Crippen molar-refractivity contribution in [2.45, 2.75) is 52.4 Å². The SMILES string of the molecule is C=C(C)C(=O)OCCCCc1cccc(-c2cc3ccc4cc(C(C)(C)C)cc5ccc(c2)c3c45)c1. The Morgan fingerprint density at radius 3 is 1.92 bits per heavy atom. The fourth-order valence-corrected chi connectivity index (χ4v) is 5.06. The Kier molecular flexibility index (Phi) is 6.30. The van der Waals surface area contributed by atoms with Crippen LogP contribution < -0.4 is 0 Å². The summed E-state index contributed by atoms with van der Waals surface area (Å²) in [4.78, 5) is 11.5. The Labute approximate surface area is 213 Å². The molecule has 5 aromatic rings. The van der Waals surface area contributed by atoms with E-state index in [1.54, 1.807) is 6.92 Å². The van der Waals surface area contributed by atoms with E-state index < -0.39 is 0 Å². The fourth-order valence-electron chi connectivity index (χ4n) is 5.06. The van der Waals surface area contributed by atoms with Gasteiger partial charge >= 0.3 is 5.97 Å². The third-order valence-electron chi connectivity index (χ3n) is 7.10. The summed E-state index contributed by atoms with van der Waals surface area (Å²) in [5.41, 5.74) is 5.73. The molecule has 0 radical (unpaired) electrons. The molecule has 0 unspecified atom stereocenters.